The van der Waals surface area contributed by atoms with Crippen LogP contribution < -0.4 is 5.14 Å². The predicted molar refractivity (Wildman–Crippen MR) is 48.9 cm³/mol. The van der Waals surface area contributed by atoms with Gasteiger partial charge in [-0.25, -0.2) is 13.6 Å². The lowest BCUT2D eigenvalue weighted by Crippen LogP contribution is -2.13. The van der Waals surface area contributed by atoms with E-state index in [4.69, 9.17) is 5.14 Å². The quantitative estimate of drug-likeness (QED) is 0.570. The SMILES string of the molecule is [CH2]c1ccc([N+](=O)[O-])cc1S(N)(=O)=O. The fourth-order valence-corrected chi connectivity index (χ4v) is 1.64. The van der Waals surface area contributed by atoms with E-state index in [1.165, 1.54) is 6.07 Å². The van der Waals surface area contributed by atoms with Crippen LogP contribution in [0.25, 0.3) is 0 Å². The van der Waals surface area contributed by atoms with Gasteiger partial charge in [-0.05, 0) is 12.5 Å². The van der Waals surface area contributed by atoms with Gasteiger partial charge in [-0.2, -0.15) is 0 Å². The molecule has 2 N–H and O–H groups in total. The highest BCUT2D eigenvalue weighted by Crippen LogP contribution is 2.20. The lowest BCUT2D eigenvalue weighted by Gasteiger charge is -2.01. The van der Waals surface area contributed by atoms with Crippen LogP contribution in [-0.2, 0) is 10.0 Å². The third-order valence-electron chi connectivity index (χ3n) is 1.57. The number of primary sulfonamides is 1. The Labute approximate surface area is 80.5 Å². The first-order valence-electron chi connectivity index (χ1n) is 3.45. The number of nitro benzene ring substituents is 1. The molecule has 0 aliphatic rings. The molecule has 0 fully saturated rings. The van der Waals surface area contributed by atoms with E-state index >= 15 is 0 Å². The molecule has 6 nitrogen and oxygen atoms in total. The van der Waals surface area contributed by atoms with Gasteiger partial charge in [0.2, 0.25) is 10.0 Å². The maximum atomic E-state index is 10.9. The molecule has 0 atom stereocenters. The Morgan fingerprint density at radius 2 is 2.00 bits per heavy atom. The van der Waals surface area contributed by atoms with E-state index < -0.39 is 14.9 Å². The van der Waals surface area contributed by atoms with Crippen molar-refractivity contribution in [3.63, 3.8) is 0 Å². The number of sulfonamides is 1. The molecule has 75 valence electrons. The fraction of sp³-hybridized carbons (Fsp3) is 0. The second kappa shape index (κ2) is 3.35. The molecule has 0 heterocycles. The molecule has 0 saturated heterocycles. The van der Waals surface area contributed by atoms with Crippen molar-refractivity contribution in [3.05, 3.63) is 40.8 Å². The van der Waals surface area contributed by atoms with Gasteiger partial charge in [0.05, 0.1) is 9.82 Å². The van der Waals surface area contributed by atoms with Crippen LogP contribution in [0.4, 0.5) is 5.69 Å². The maximum Gasteiger partial charge on any atom is 0.270 e. The van der Waals surface area contributed by atoms with Gasteiger partial charge in [0.15, 0.2) is 0 Å². The first kappa shape index (κ1) is 10.6. The summed E-state index contributed by atoms with van der Waals surface area (Å²) in [5.41, 5.74) is -0.195. The standard InChI is InChI=1S/C7H7N2O4S/c1-5-2-3-6(9(10)11)4-7(5)14(8,12)13/h2-4H,1H2,(H2,8,12,13). The van der Waals surface area contributed by atoms with E-state index in [9.17, 15) is 18.5 Å². The molecule has 0 aliphatic heterocycles. The number of nitrogens with zero attached hydrogens (tertiary/aromatic N) is 1. The Morgan fingerprint density at radius 1 is 1.43 bits per heavy atom. The molecule has 1 aromatic carbocycles. The van der Waals surface area contributed by atoms with Crippen molar-refractivity contribution >= 4 is 15.7 Å². The van der Waals surface area contributed by atoms with Gasteiger partial charge in [-0.3, -0.25) is 10.1 Å². The first-order chi connectivity index (χ1) is 6.32. The number of hydrogen-bond donors (Lipinski definition) is 1. The predicted octanol–water partition coefficient (Wildman–Crippen LogP) is 0.424. The van der Waals surface area contributed by atoms with Crippen LogP contribution in [0.15, 0.2) is 23.1 Å². The van der Waals surface area contributed by atoms with Crippen LogP contribution in [0, 0.1) is 17.0 Å². The Bertz CT molecular complexity index is 480. The second-order valence-electron chi connectivity index (χ2n) is 2.59. The van der Waals surface area contributed by atoms with E-state index in [0.29, 0.717) is 0 Å². The van der Waals surface area contributed by atoms with Gasteiger partial charge in [0.25, 0.3) is 5.69 Å². The van der Waals surface area contributed by atoms with E-state index in [1.54, 1.807) is 0 Å². The molecule has 0 unspecified atom stereocenters. The highest BCUT2D eigenvalue weighted by molar-refractivity contribution is 7.89. The smallest absolute Gasteiger partial charge is 0.258 e. The molecule has 0 spiro atoms. The van der Waals surface area contributed by atoms with Crippen LogP contribution in [0.2, 0.25) is 0 Å². The van der Waals surface area contributed by atoms with E-state index in [2.05, 4.69) is 6.92 Å². The molecule has 0 aliphatic carbocycles. The zero-order chi connectivity index (χ0) is 10.9. The number of hydrogen-bond acceptors (Lipinski definition) is 4. The van der Waals surface area contributed by atoms with Crippen molar-refractivity contribution < 1.29 is 13.3 Å². The van der Waals surface area contributed by atoms with Gasteiger partial charge in [0, 0.05) is 12.1 Å². The Hall–Kier alpha value is -1.47. The van der Waals surface area contributed by atoms with E-state index in [-0.39, 0.29) is 16.1 Å². The minimum atomic E-state index is -3.96. The second-order valence-corrected chi connectivity index (χ2v) is 4.12. The Morgan fingerprint density at radius 3 is 2.43 bits per heavy atom. The normalized spacial score (nSPS) is 11.3. The zero-order valence-corrected chi connectivity index (χ0v) is 7.82. The molecular weight excluding hydrogens is 208 g/mol. The summed E-state index contributed by atoms with van der Waals surface area (Å²) in [5, 5.41) is 15.2. The minimum Gasteiger partial charge on any atom is -0.258 e. The summed E-state index contributed by atoms with van der Waals surface area (Å²) in [6.45, 7) is 3.41. The van der Waals surface area contributed by atoms with Crippen molar-refractivity contribution in [2.75, 3.05) is 0 Å². The average Bonchev–Trinajstić information content (AvgIpc) is 2.02. The van der Waals surface area contributed by atoms with Gasteiger partial charge >= 0.3 is 0 Å². The van der Waals surface area contributed by atoms with Gasteiger partial charge in [-0.1, -0.05) is 6.07 Å². The lowest BCUT2D eigenvalue weighted by atomic mass is 10.2. The van der Waals surface area contributed by atoms with Crippen molar-refractivity contribution in [1.29, 1.82) is 0 Å². The first-order valence-corrected chi connectivity index (χ1v) is 5.00. The average molecular weight is 215 g/mol. The van der Waals surface area contributed by atoms with Gasteiger partial charge < -0.3 is 0 Å². The number of benzene rings is 1. The molecule has 0 saturated carbocycles. The summed E-state index contributed by atoms with van der Waals surface area (Å²) in [4.78, 5) is 9.31. The van der Waals surface area contributed by atoms with Crippen LogP contribution >= 0.6 is 0 Å². The molecule has 14 heavy (non-hydrogen) atoms. The monoisotopic (exact) mass is 215 g/mol. The van der Waals surface area contributed by atoms with Crippen molar-refractivity contribution in [1.82, 2.24) is 0 Å². The van der Waals surface area contributed by atoms with Gasteiger partial charge in [-0.15, -0.1) is 0 Å². The number of rotatable bonds is 2. The van der Waals surface area contributed by atoms with Crippen LogP contribution in [0.3, 0.4) is 0 Å². The molecule has 0 aromatic heterocycles. The van der Waals surface area contributed by atoms with Crippen molar-refractivity contribution in [2.24, 2.45) is 5.14 Å². The maximum absolute atomic E-state index is 10.9. The summed E-state index contributed by atoms with van der Waals surface area (Å²) in [6.07, 6.45) is 0. The molecule has 1 radical (unpaired) electrons. The third-order valence-corrected chi connectivity index (χ3v) is 2.56. The van der Waals surface area contributed by atoms with E-state index in [0.717, 1.165) is 12.1 Å². The molecule has 1 rings (SSSR count). The van der Waals surface area contributed by atoms with Crippen LogP contribution in [0.5, 0.6) is 0 Å². The highest BCUT2D eigenvalue weighted by atomic mass is 32.2. The van der Waals surface area contributed by atoms with Gasteiger partial charge in [0.1, 0.15) is 0 Å². The third kappa shape index (κ3) is 2.06. The van der Waals surface area contributed by atoms with Crippen molar-refractivity contribution in [3.8, 4) is 0 Å². The van der Waals surface area contributed by atoms with Crippen LogP contribution in [-0.4, -0.2) is 13.3 Å². The number of nitrogens with two attached hydrogens (primary N) is 1. The molecular formula is C7H7N2O4S. The largest absolute Gasteiger partial charge is 0.270 e. The molecule has 7 heteroatoms. The molecule has 1 aromatic rings. The summed E-state index contributed by atoms with van der Waals surface area (Å²) in [5.74, 6) is 0. The van der Waals surface area contributed by atoms with Crippen molar-refractivity contribution in [2.45, 2.75) is 4.90 Å². The Balaban J connectivity index is 3.44. The summed E-state index contributed by atoms with van der Waals surface area (Å²) in [6, 6.07) is 3.28. The fourth-order valence-electron chi connectivity index (χ4n) is 0.922. The highest BCUT2D eigenvalue weighted by Gasteiger charge is 2.16. The zero-order valence-electron chi connectivity index (χ0n) is 7.00. The lowest BCUT2D eigenvalue weighted by molar-refractivity contribution is -0.385. The summed E-state index contributed by atoms with van der Waals surface area (Å²) < 4.78 is 21.9. The number of non-ortho nitro benzene ring substituents is 1. The summed E-state index contributed by atoms with van der Waals surface area (Å²) >= 11 is 0. The topological polar surface area (TPSA) is 103 Å². The number of nitro groups is 1. The van der Waals surface area contributed by atoms with Crippen LogP contribution in [0.1, 0.15) is 5.56 Å². The molecule has 0 bridgehead atoms. The summed E-state index contributed by atoms with van der Waals surface area (Å²) in [7, 11) is -3.96. The minimum absolute atomic E-state index is 0.137. The molecule has 0 amide bonds. The Kier molecular flexibility index (Phi) is 2.54. The van der Waals surface area contributed by atoms with E-state index in [1.807, 2.05) is 0 Å².